The minimum Gasteiger partial charge on any atom is -0.493 e. The fourth-order valence-electron chi connectivity index (χ4n) is 3.91. The Labute approximate surface area is 181 Å². The van der Waals surface area contributed by atoms with E-state index in [-0.39, 0.29) is 6.42 Å². The van der Waals surface area contributed by atoms with Crippen molar-refractivity contribution >= 4 is 11.7 Å². The summed E-state index contributed by atoms with van der Waals surface area (Å²) < 4.78 is 12.2. The zero-order valence-electron chi connectivity index (χ0n) is 17.4. The number of carboxylic acid groups (broad SMARTS) is 1. The van der Waals surface area contributed by atoms with Gasteiger partial charge in [-0.3, -0.25) is 4.79 Å². The van der Waals surface area contributed by atoms with Crippen LogP contribution in [0.2, 0.25) is 0 Å². The first kappa shape index (κ1) is 20.5. The molecule has 5 nitrogen and oxygen atoms in total. The van der Waals surface area contributed by atoms with Gasteiger partial charge < -0.3 is 14.6 Å². The molecule has 0 aromatic heterocycles. The second-order valence-corrected chi connectivity index (χ2v) is 7.68. The molecule has 0 amide bonds. The maximum atomic E-state index is 11.4. The van der Waals surface area contributed by atoms with Gasteiger partial charge in [0.25, 0.3) is 0 Å². The highest BCUT2D eigenvalue weighted by molar-refractivity contribution is 5.75. The minimum absolute atomic E-state index is 0.0865. The maximum Gasteiger partial charge on any atom is 0.307 e. The van der Waals surface area contributed by atoms with Gasteiger partial charge in [-0.2, -0.15) is 0 Å². The second-order valence-electron chi connectivity index (χ2n) is 7.68. The predicted molar refractivity (Wildman–Crippen MR) is 119 cm³/mol. The van der Waals surface area contributed by atoms with Gasteiger partial charge in [-0.15, -0.1) is 0 Å². The van der Waals surface area contributed by atoms with Crippen LogP contribution < -0.4 is 9.47 Å². The van der Waals surface area contributed by atoms with Gasteiger partial charge in [0.05, 0.1) is 19.6 Å². The zero-order chi connectivity index (χ0) is 21.8. The molecule has 156 valence electrons. The molecule has 4 bridgehead atoms. The molecule has 0 radical (unpaired) electrons. The van der Waals surface area contributed by atoms with E-state index in [1.807, 2.05) is 61.5 Å². The summed E-state index contributed by atoms with van der Waals surface area (Å²) in [5.74, 6) is 0.468. The van der Waals surface area contributed by atoms with Gasteiger partial charge in [-0.05, 0) is 60.2 Å². The lowest BCUT2D eigenvalue weighted by Crippen LogP contribution is -2.08. The molecule has 0 aliphatic carbocycles. The number of rotatable bonds is 2. The summed E-state index contributed by atoms with van der Waals surface area (Å²) in [6.07, 6.45) is 1.40. The molecule has 1 aliphatic rings. The molecule has 1 heterocycles. The first-order valence-corrected chi connectivity index (χ1v) is 10.2. The van der Waals surface area contributed by atoms with E-state index >= 15 is 0 Å². The Morgan fingerprint density at radius 3 is 2.77 bits per heavy atom. The highest BCUT2D eigenvalue weighted by Gasteiger charge is 2.15. The third-order valence-corrected chi connectivity index (χ3v) is 5.46. The van der Waals surface area contributed by atoms with Crippen molar-refractivity contribution in [3.8, 4) is 22.6 Å². The van der Waals surface area contributed by atoms with Gasteiger partial charge in [-0.1, -0.05) is 42.0 Å². The van der Waals surface area contributed by atoms with Gasteiger partial charge in [0.1, 0.15) is 18.1 Å². The van der Waals surface area contributed by atoms with E-state index in [1.54, 1.807) is 0 Å². The molecule has 0 spiro atoms. The standard InChI is InChI=1S/C26H23NO4/c1-17-11-21(14-26(28)29)25-15-24(17)19-5-3-7-23(13-19)31-16-20-8-9-22(27-2)12-18(20)6-4-10-30-25/h3,5,7-9,11-13,15H,4,6,10,14,16H2,1H3,(H,28,29). The van der Waals surface area contributed by atoms with E-state index in [0.717, 1.165) is 46.4 Å². The number of benzene rings is 3. The SMILES string of the molecule is [C-]#[N+]c1ccc2c(c1)CCCOc1cc(c(C)cc1CC(=O)O)-c1cccc(c1)OC2. The largest absolute Gasteiger partial charge is 0.493 e. The highest BCUT2D eigenvalue weighted by atomic mass is 16.5. The second kappa shape index (κ2) is 8.93. The fraction of sp³-hybridized carbons (Fsp3) is 0.231. The summed E-state index contributed by atoms with van der Waals surface area (Å²) in [5.41, 5.74) is 6.37. The number of fused-ring (bicyclic) bond motifs is 6. The molecule has 0 fully saturated rings. The van der Waals surface area contributed by atoms with Crippen LogP contribution in [0.5, 0.6) is 11.5 Å². The molecular formula is C26H23NO4. The summed E-state index contributed by atoms with van der Waals surface area (Å²) in [5, 5.41) is 9.32. The normalized spacial score (nSPS) is 13.0. The number of aryl methyl sites for hydroxylation is 2. The van der Waals surface area contributed by atoms with Crippen molar-refractivity contribution in [1.82, 2.24) is 0 Å². The Hall–Kier alpha value is -3.78. The van der Waals surface area contributed by atoms with Crippen molar-refractivity contribution in [3.05, 3.63) is 88.3 Å². The Morgan fingerprint density at radius 1 is 1.10 bits per heavy atom. The monoisotopic (exact) mass is 413 g/mol. The molecule has 31 heavy (non-hydrogen) atoms. The molecule has 0 unspecified atom stereocenters. The zero-order valence-corrected chi connectivity index (χ0v) is 17.4. The van der Waals surface area contributed by atoms with E-state index in [0.29, 0.717) is 30.2 Å². The van der Waals surface area contributed by atoms with Crippen molar-refractivity contribution in [3.63, 3.8) is 0 Å². The molecule has 3 aromatic carbocycles. The average Bonchev–Trinajstić information content (AvgIpc) is 2.76. The van der Waals surface area contributed by atoms with Gasteiger partial charge in [0, 0.05) is 5.56 Å². The third kappa shape index (κ3) is 4.70. The van der Waals surface area contributed by atoms with Crippen molar-refractivity contribution in [2.24, 2.45) is 0 Å². The van der Waals surface area contributed by atoms with Crippen LogP contribution in [-0.2, 0) is 24.2 Å². The van der Waals surface area contributed by atoms with Crippen LogP contribution in [0.4, 0.5) is 5.69 Å². The first-order chi connectivity index (χ1) is 15.0. The Morgan fingerprint density at radius 2 is 1.97 bits per heavy atom. The molecule has 0 saturated carbocycles. The summed E-state index contributed by atoms with van der Waals surface area (Å²) in [6.45, 7) is 10.2. The molecule has 0 saturated heterocycles. The van der Waals surface area contributed by atoms with Gasteiger partial charge in [0.2, 0.25) is 0 Å². The van der Waals surface area contributed by atoms with E-state index < -0.39 is 5.97 Å². The van der Waals surface area contributed by atoms with Crippen LogP contribution >= 0.6 is 0 Å². The molecule has 3 aromatic rings. The smallest absolute Gasteiger partial charge is 0.307 e. The van der Waals surface area contributed by atoms with Crippen molar-refractivity contribution < 1.29 is 19.4 Å². The lowest BCUT2D eigenvalue weighted by Gasteiger charge is -2.18. The van der Waals surface area contributed by atoms with Crippen molar-refractivity contribution in [2.45, 2.75) is 32.8 Å². The third-order valence-electron chi connectivity index (χ3n) is 5.46. The molecule has 4 rings (SSSR count). The number of aliphatic carboxylic acids is 1. The topological polar surface area (TPSA) is 60.1 Å². The molecule has 0 atom stereocenters. The fourth-order valence-corrected chi connectivity index (χ4v) is 3.91. The van der Waals surface area contributed by atoms with Crippen LogP contribution in [0.25, 0.3) is 16.0 Å². The average molecular weight is 413 g/mol. The summed E-state index contributed by atoms with van der Waals surface area (Å²) in [7, 11) is 0. The summed E-state index contributed by atoms with van der Waals surface area (Å²) >= 11 is 0. The predicted octanol–water partition coefficient (Wildman–Crippen LogP) is 5.74. The van der Waals surface area contributed by atoms with Crippen molar-refractivity contribution in [1.29, 1.82) is 0 Å². The molecule has 1 N–H and O–H groups in total. The van der Waals surface area contributed by atoms with E-state index in [4.69, 9.17) is 16.0 Å². The van der Waals surface area contributed by atoms with Crippen LogP contribution in [0.15, 0.2) is 54.6 Å². The van der Waals surface area contributed by atoms with Crippen LogP contribution in [-0.4, -0.2) is 17.7 Å². The maximum absolute atomic E-state index is 11.4. The first-order valence-electron chi connectivity index (χ1n) is 10.2. The van der Waals surface area contributed by atoms with E-state index in [1.165, 1.54) is 0 Å². The highest BCUT2D eigenvalue weighted by Crippen LogP contribution is 2.34. The molecular weight excluding hydrogens is 390 g/mol. The van der Waals surface area contributed by atoms with E-state index in [9.17, 15) is 9.90 Å². The van der Waals surface area contributed by atoms with Gasteiger partial charge in [0.15, 0.2) is 5.69 Å². The lowest BCUT2D eigenvalue weighted by atomic mass is 9.96. The van der Waals surface area contributed by atoms with Crippen LogP contribution in [0.3, 0.4) is 0 Å². The summed E-state index contributed by atoms with van der Waals surface area (Å²) in [4.78, 5) is 14.9. The van der Waals surface area contributed by atoms with Crippen molar-refractivity contribution in [2.75, 3.05) is 6.61 Å². The Kier molecular flexibility index (Phi) is 5.90. The van der Waals surface area contributed by atoms with Crippen LogP contribution in [0, 0.1) is 13.5 Å². The minimum atomic E-state index is -0.887. The number of hydrogen-bond acceptors (Lipinski definition) is 3. The quantitative estimate of drug-likeness (QED) is 0.544. The molecule has 1 aliphatic heterocycles. The number of carbonyl (C=O) groups is 1. The number of ether oxygens (including phenoxy) is 2. The number of hydrogen-bond donors (Lipinski definition) is 1. The van der Waals surface area contributed by atoms with Gasteiger partial charge in [-0.25, -0.2) is 4.85 Å². The Balaban J connectivity index is 1.76. The molecule has 5 heteroatoms. The van der Waals surface area contributed by atoms with Gasteiger partial charge >= 0.3 is 5.97 Å². The van der Waals surface area contributed by atoms with Crippen LogP contribution in [0.1, 0.15) is 28.7 Å². The van der Waals surface area contributed by atoms with E-state index in [2.05, 4.69) is 4.85 Å². The number of carboxylic acids is 1. The summed E-state index contributed by atoms with van der Waals surface area (Å²) in [6, 6.07) is 17.4. The lowest BCUT2D eigenvalue weighted by molar-refractivity contribution is -0.136. The number of nitrogens with zero attached hydrogens (tertiary/aromatic N) is 1. The Bertz CT molecular complexity index is 1180.